The van der Waals surface area contributed by atoms with Crippen LogP contribution < -0.4 is 0 Å². The molecule has 0 spiro atoms. The number of pyridine rings is 1. The van der Waals surface area contributed by atoms with Gasteiger partial charge in [0, 0.05) is 29.0 Å². The number of hydrogen-bond acceptors (Lipinski definition) is 3. The van der Waals surface area contributed by atoms with Crippen LogP contribution in [0.4, 0.5) is 0 Å². The Hall–Kier alpha value is -2.29. The van der Waals surface area contributed by atoms with Gasteiger partial charge in [0.25, 0.3) is 0 Å². The van der Waals surface area contributed by atoms with E-state index < -0.39 is 0 Å². The molecule has 0 fully saturated rings. The topological polar surface area (TPSA) is 60.6 Å². The van der Waals surface area contributed by atoms with Gasteiger partial charge in [-0.1, -0.05) is 12.6 Å². The molecule has 0 unspecified atom stereocenters. The van der Waals surface area contributed by atoms with Crippen molar-refractivity contribution in [3.8, 4) is 0 Å². The average molecular weight is 277 g/mol. The molecule has 0 saturated heterocycles. The van der Waals surface area contributed by atoms with E-state index in [4.69, 9.17) is 15.8 Å². The fraction of sp³-hybridized carbons (Fsp3) is 0.278. The fourth-order valence-corrected chi connectivity index (χ4v) is 3.27. The second-order valence-corrected chi connectivity index (χ2v) is 5.63. The predicted molar refractivity (Wildman–Crippen MR) is 88.8 cm³/mol. The third-order valence-electron chi connectivity index (χ3n) is 4.35. The maximum Gasteiger partial charge on any atom is 0.0753 e. The molecule has 0 atom stereocenters. The Kier molecular flexibility index (Phi) is 3.42. The number of aromatic nitrogens is 1. The largest absolute Gasteiger partial charge is 0.308 e. The summed E-state index contributed by atoms with van der Waals surface area (Å²) in [5, 5.41) is 16.4. The second-order valence-electron chi connectivity index (χ2n) is 5.63. The molecular formula is C18H19N3. The van der Waals surface area contributed by atoms with Crippen LogP contribution in [0.25, 0.3) is 16.5 Å². The smallest absolute Gasteiger partial charge is 0.0753 e. The summed E-state index contributed by atoms with van der Waals surface area (Å²) < 4.78 is 0. The predicted octanol–water partition coefficient (Wildman–Crippen LogP) is 4.08. The summed E-state index contributed by atoms with van der Waals surface area (Å²) in [4.78, 5) is 4.75. The SMILES string of the molecule is C=C(C=N)c1nc2ccc(C)c(C=N)c2c2c1CCCC2. The van der Waals surface area contributed by atoms with Gasteiger partial charge in [-0.2, -0.15) is 0 Å². The Morgan fingerprint density at radius 1 is 1.19 bits per heavy atom. The van der Waals surface area contributed by atoms with Crippen LogP contribution in [0.1, 0.15) is 40.8 Å². The molecule has 0 radical (unpaired) electrons. The molecule has 1 aromatic carbocycles. The van der Waals surface area contributed by atoms with E-state index >= 15 is 0 Å². The minimum Gasteiger partial charge on any atom is -0.308 e. The Morgan fingerprint density at radius 3 is 2.57 bits per heavy atom. The van der Waals surface area contributed by atoms with Crippen molar-refractivity contribution < 1.29 is 0 Å². The number of nitrogens with zero attached hydrogens (tertiary/aromatic N) is 1. The van der Waals surface area contributed by atoms with E-state index in [1.807, 2.05) is 19.1 Å². The summed E-state index contributed by atoms with van der Waals surface area (Å²) in [5.41, 5.74) is 7.09. The van der Waals surface area contributed by atoms with Crippen LogP contribution in [0.15, 0.2) is 18.7 Å². The van der Waals surface area contributed by atoms with Crippen LogP contribution in [0.5, 0.6) is 0 Å². The van der Waals surface area contributed by atoms with E-state index in [0.717, 1.165) is 47.0 Å². The van der Waals surface area contributed by atoms with E-state index in [9.17, 15) is 0 Å². The molecular weight excluding hydrogens is 258 g/mol. The zero-order valence-corrected chi connectivity index (χ0v) is 12.3. The summed E-state index contributed by atoms with van der Waals surface area (Å²) in [6.07, 6.45) is 7.08. The van der Waals surface area contributed by atoms with Crippen LogP contribution in [0.3, 0.4) is 0 Å². The minimum absolute atomic E-state index is 0.673. The highest BCUT2D eigenvalue weighted by molar-refractivity contribution is 6.09. The van der Waals surface area contributed by atoms with Crippen LogP contribution in [-0.2, 0) is 12.8 Å². The molecule has 3 nitrogen and oxygen atoms in total. The molecule has 1 heterocycles. The molecule has 0 saturated carbocycles. The Balaban J connectivity index is 2.45. The highest BCUT2D eigenvalue weighted by Gasteiger charge is 2.21. The second kappa shape index (κ2) is 5.24. The van der Waals surface area contributed by atoms with Crippen LogP contribution in [0, 0.1) is 17.7 Å². The lowest BCUT2D eigenvalue weighted by molar-refractivity contribution is 0.686. The summed E-state index contributed by atoms with van der Waals surface area (Å²) in [5.74, 6) is 0. The van der Waals surface area contributed by atoms with Crippen molar-refractivity contribution in [2.45, 2.75) is 32.6 Å². The van der Waals surface area contributed by atoms with Gasteiger partial charge in [0.2, 0.25) is 0 Å². The van der Waals surface area contributed by atoms with Gasteiger partial charge in [0.1, 0.15) is 0 Å². The first kappa shape index (κ1) is 13.7. The van der Waals surface area contributed by atoms with Crippen LogP contribution in [0.2, 0.25) is 0 Å². The first-order valence-electron chi connectivity index (χ1n) is 7.32. The normalized spacial score (nSPS) is 13.8. The molecule has 106 valence electrons. The molecule has 0 amide bonds. The Morgan fingerprint density at radius 2 is 1.90 bits per heavy atom. The molecule has 3 heteroatoms. The summed E-state index contributed by atoms with van der Waals surface area (Å²) in [6.45, 7) is 6.01. The van der Waals surface area contributed by atoms with E-state index in [-0.39, 0.29) is 0 Å². The van der Waals surface area contributed by atoms with E-state index in [2.05, 4.69) is 6.58 Å². The highest BCUT2D eigenvalue weighted by atomic mass is 14.7. The third kappa shape index (κ3) is 2.09. The highest BCUT2D eigenvalue weighted by Crippen LogP contribution is 2.34. The summed E-state index contributed by atoms with van der Waals surface area (Å²) >= 11 is 0. The van der Waals surface area contributed by atoms with E-state index in [1.165, 1.54) is 30.0 Å². The van der Waals surface area contributed by atoms with Crippen LogP contribution >= 0.6 is 0 Å². The maximum atomic E-state index is 7.75. The molecule has 2 aromatic rings. The van der Waals surface area contributed by atoms with Crippen molar-refractivity contribution in [2.75, 3.05) is 0 Å². The molecule has 3 rings (SSSR count). The first-order valence-corrected chi connectivity index (χ1v) is 7.32. The van der Waals surface area contributed by atoms with Crippen molar-refractivity contribution in [1.82, 2.24) is 4.98 Å². The van der Waals surface area contributed by atoms with Gasteiger partial charge in [0.15, 0.2) is 0 Å². The van der Waals surface area contributed by atoms with Gasteiger partial charge in [-0.3, -0.25) is 0 Å². The zero-order valence-electron chi connectivity index (χ0n) is 12.3. The lowest BCUT2D eigenvalue weighted by Crippen LogP contribution is -2.11. The third-order valence-corrected chi connectivity index (χ3v) is 4.35. The molecule has 0 bridgehead atoms. The molecule has 1 aliphatic rings. The van der Waals surface area contributed by atoms with Crippen molar-refractivity contribution in [1.29, 1.82) is 10.8 Å². The standard InChI is InChI=1S/C18H19N3/c1-11-7-8-16-17(15(11)10-20)13-5-3-4-6-14(13)18(21-16)12(2)9-19/h7-10,19-20H,2-6H2,1H3. The van der Waals surface area contributed by atoms with Gasteiger partial charge in [-0.25, -0.2) is 4.98 Å². The number of nitrogens with one attached hydrogen (secondary N) is 2. The molecule has 2 N–H and O–H groups in total. The van der Waals surface area contributed by atoms with Gasteiger partial charge in [-0.15, -0.1) is 0 Å². The monoisotopic (exact) mass is 277 g/mol. The van der Waals surface area contributed by atoms with Gasteiger partial charge in [0.05, 0.1) is 11.2 Å². The van der Waals surface area contributed by atoms with Crippen molar-refractivity contribution in [3.05, 3.63) is 46.7 Å². The molecule has 1 aromatic heterocycles. The fourth-order valence-electron chi connectivity index (χ4n) is 3.27. The number of benzene rings is 1. The average Bonchev–Trinajstić information content (AvgIpc) is 2.53. The number of allylic oxidation sites excluding steroid dienone is 1. The van der Waals surface area contributed by atoms with Crippen molar-refractivity contribution >= 4 is 28.9 Å². The lowest BCUT2D eigenvalue weighted by Gasteiger charge is -2.22. The summed E-state index contributed by atoms with van der Waals surface area (Å²) in [7, 11) is 0. The Bertz CT molecular complexity index is 772. The maximum absolute atomic E-state index is 7.75. The first-order chi connectivity index (χ1) is 10.2. The number of aryl methyl sites for hydroxylation is 2. The minimum atomic E-state index is 0.673. The molecule has 1 aliphatic carbocycles. The Labute approximate surface area is 124 Å². The van der Waals surface area contributed by atoms with Gasteiger partial charge >= 0.3 is 0 Å². The molecule has 0 aliphatic heterocycles. The quantitative estimate of drug-likeness (QED) is 0.816. The van der Waals surface area contributed by atoms with E-state index in [0.29, 0.717) is 5.57 Å². The van der Waals surface area contributed by atoms with Crippen molar-refractivity contribution in [3.63, 3.8) is 0 Å². The zero-order chi connectivity index (χ0) is 15.0. The lowest BCUT2D eigenvalue weighted by atomic mass is 9.84. The van der Waals surface area contributed by atoms with Crippen LogP contribution in [-0.4, -0.2) is 17.4 Å². The van der Waals surface area contributed by atoms with Gasteiger partial charge < -0.3 is 10.8 Å². The van der Waals surface area contributed by atoms with Gasteiger partial charge in [-0.05, 0) is 55.4 Å². The summed E-state index contributed by atoms with van der Waals surface area (Å²) in [6, 6.07) is 4.04. The number of fused-ring (bicyclic) bond motifs is 3. The van der Waals surface area contributed by atoms with Crippen molar-refractivity contribution in [2.24, 2.45) is 0 Å². The van der Waals surface area contributed by atoms with E-state index in [1.54, 1.807) is 0 Å². The number of hydrogen-bond donors (Lipinski definition) is 2. The molecule has 21 heavy (non-hydrogen) atoms. The number of rotatable bonds is 3.